The number of rotatable bonds is 2. The Morgan fingerprint density at radius 2 is 1.72 bits per heavy atom. The van der Waals surface area contributed by atoms with Crippen LogP contribution < -0.4 is 16.3 Å². The minimum absolute atomic E-state index is 0.346. The molecule has 0 unspecified atom stereocenters. The number of hydrogen-bond acceptors (Lipinski definition) is 3. The summed E-state index contributed by atoms with van der Waals surface area (Å²) < 4.78 is 5.27. The van der Waals surface area contributed by atoms with Crippen LogP contribution >= 0.6 is 12.2 Å². The molecule has 1 heterocycles. The maximum Gasteiger partial charge on any atom is 0.336 e. The summed E-state index contributed by atoms with van der Waals surface area (Å²) in [5.74, 6) is 0. The van der Waals surface area contributed by atoms with Gasteiger partial charge in [0.05, 0.1) is 0 Å². The third-order valence-electron chi connectivity index (χ3n) is 4.57. The molecule has 5 heteroatoms. The highest BCUT2D eigenvalue weighted by Crippen LogP contribution is 2.25. The highest BCUT2D eigenvalue weighted by atomic mass is 32.1. The van der Waals surface area contributed by atoms with E-state index in [9.17, 15) is 4.79 Å². The number of thiocarbonyl (C=S) groups is 1. The van der Waals surface area contributed by atoms with Crippen molar-refractivity contribution in [1.29, 1.82) is 0 Å². The molecule has 25 heavy (non-hydrogen) atoms. The van der Waals surface area contributed by atoms with E-state index in [4.69, 9.17) is 16.6 Å². The first kappa shape index (κ1) is 15.8. The third kappa shape index (κ3) is 3.28. The van der Waals surface area contributed by atoms with Crippen molar-refractivity contribution >= 4 is 39.7 Å². The Kier molecular flexibility index (Phi) is 4.01. The molecule has 0 saturated carbocycles. The van der Waals surface area contributed by atoms with Crippen molar-refractivity contribution in [2.75, 3.05) is 10.6 Å². The van der Waals surface area contributed by atoms with Gasteiger partial charge < -0.3 is 15.1 Å². The summed E-state index contributed by atoms with van der Waals surface area (Å²) in [4.78, 5) is 11.5. The minimum Gasteiger partial charge on any atom is -0.423 e. The van der Waals surface area contributed by atoms with Crippen LogP contribution in [0.3, 0.4) is 0 Å². The number of anilines is 2. The summed E-state index contributed by atoms with van der Waals surface area (Å²) in [6, 6.07) is 13.5. The Morgan fingerprint density at radius 1 is 1.00 bits per heavy atom. The van der Waals surface area contributed by atoms with Crippen LogP contribution in [0.1, 0.15) is 23.1 Å². The van der Waals surface area contributed by atoms with Gasteiger partial charge in [-0.15, -0.1) is 0 Å². The van der Waals surface area contributed by atoms with Crippen molar-refractivity contribution in [2.45, 2.75) is 26.2 Å². The number of aryl methyl sites for hydroxylation is 3. The van der Waals surface area contributed by atoms with E-state index >= 15 is 0 Å². The van der Waals surface area contributed by atoms with Crippen LogP contribution in [-0.4, -0.2) is 5.11 Å². The van der Waals surface area contributed by atoms with E-state index in [0.29, 0.717) is 10.7 Å². The van der Waals surface area contributed by atoms with Crippen LogP contribution in [0.25, 0.3) is 11.0 Å². The Balaban J connectivity index is 1.52. The van der Waals surface area contributed by atoms with Crippen LogP contribution in [-0.2, 0) is 12.8 Å². The quantitative estimate of drug-likeness (QED) is 0.530. The van der Waals surface area contributed by atoms with E-state index < -0.39 is 0 Å². The van der Waals surface area contributed by atoms with Gasteiger partial charge in [0.15, 0.2) is 5.11 Å². The molecule has 0 amide bonds. The number of hydrogen-bond donors (Lipinski definition) is 2. The molecule has 1 aliphatic carbocycles. The molecular formula is C20H18N2O2S. The first-order chi connectivity index (χ1) is 12.1. The molecular weight excluding hydrogens is 332 g/mol. The third-order valence-corrected chi connectivity index (χ3v) is 4.77. The van der Waals surface area contributed by atoms with Gasteiger partial charge in [-0.1, -0.05) is 6.07 Å². The van der Waals surface area contributed by atoms with E-state index in [1.807, 2.05) is 19.1 Å². The number of fused-ring (bicyclic) bond motifs is 2. The molecule has 126 valence electrons. The maximum atomic E-state index is 11.5. The maximum absolute atomic E-state index is 11.5. The first-order valence-corrected chi connectivity index (χ1v) is 8.74. The van der Waals surface area contributed by atoms with Crippen LogP contribution in [0.2, 0.25) is 0 Å². The van der Waals surface area contributed by atoms with Gasteiger partial charge in [-0.25, -0.2) is 4.79 Å². The molecule has 2 aromatic carbocycles. The Hall–Kier alpha value is -2.66. The van der Waals surface area contributed by atoms with Crippen LogP contribution in [0.5, 0.6) is 0 Å². The molecule has 0 bridgehead atoms. The average Bonchev–Trinajstić information content (AvgIpc) is 3.01. The molecule has 0 radical (unpaired) electrons. The lowest BCUT2D eigenvalue weighted by molar-refractivity contribution is 0.560. The van der Waals surface area contributed by atoms with E-state index in [-0.39, 0.29) is 5.63 Å². The van der Waals surface area contributed by atoms with Gasteiger partial charge in [-0.3, -0.25) is 0 Å². The molecule has 1 aliphatic rings. The lowest BCUT2D eigenvalue weighted by atomic mass is 10.1. The number of benzene rings is 2. The molecule has 4 rings (SSSR count). The lowest BCUT2D eigenvalue weighted by Crippen LogP contribution is -2.19. The van der Waals surface area contributed by atoms with Crippen LogP contribution in [0.15, 0.2) is 51.7 Å². The van der Waals surface area contributed by atoms with Crippen molar-refractivity contribution in [1.82, 2.24) is 0 Å². The van der Waals surface area contributed by atoms with Crippen molar-refractivity contribution in [2.24, 2.45) is 0 Å². The van der Waals surface area contributed by atoms with Crippen molar-refractivity contribution in [3.8, 4) is 0 Å². The summed E-state index contributed by atoms with van der Waals surface area (Å²) in [7, 11) is 0. The summed E-state index contributed by atoms with van der Waals surface area (Å²) in [5.41, 5.74) is 5.70. The topological polar surface area (TPSA) is 54.3 Å². The summed E-state index contributed by atoms with van der Waals surface area (Å²) in [6.07, 6.45) is 3.53. The smallest absolute Gasteiger partial charge is 0.336 e. The Morgan fingerprint density at radius 3 is 2.56 bits per heavy atom. The first-order valence-electron chi connectivity index (χ1n) is 8.33. The summed E-state index contributed by atoms with van der Waals surface area (Å²) in [5, 5.41) is 7.79. The van der Waals surface area contributed by atoms with Gasteiger partial charge in [-0.05, 0) is 79.4 Å². The van der Waals surface area contributed by atoms with E-state index in [1.165, 1.54) is 30.0 Å². The SMILES string of the molecule is Cc1cc(=O)oc2cc(NC(=S)Nc3ccc4c(c3)CCC4)ccc12. The Bertz CT molecular complexity index is 1040. The van der Waals surface area contributed by atoms with E-state index in [1.54, 1.807) is 6.07 Å². The number of nitrogens with one attached hydrogen (secondary N) is 2. The van der Waals surface area contributed by atoms with Crippen molar-refractivity contribution in [3.05, 3.63) is 69.6 Å². The van der Waals surface area contributed by atoms with Gasteiger partial charge in [-0.2, -0.15) is 0 Å². The molecule has 1 aromatic heterocycles. The second kappa shape index (κ2) is 6.33. The van der Waals surface area contributed by atoms with Gasteiger partial charge >= 0.3 is 5.63 Å². The molecule has 3 aromatic rings. The van der Waals surface area contributed by atoms with Crippen LogP contribution in [0, 0.1) is 6.92 Å². The fraction of sp³-hybridized carbons (Fsp3) is 0.200. The zero-order valence-electron chi connectivity index (χ0n) is 13.9. The van der Waals surface area contributed by atoms with Crippen molar-refractivity contribution < 1.29 is 4.42 Å². The minimum atomic E-state index is -0.346. The van der Waals surface area contributed by atoms with E-state index in [2.05, 4.69) is 28.8 Å². The molecule has 2 N–H and O–H groups in total. The summed E-state index contributed by atoms with van der Waals surface area (Å²) in [6.45, 7) is 1.90. The Labute approximate surface area is 150 Å². The van der Waals surface area contributed by atoms with Crippen LogP contribution in [0.4, 0.5) is 11.4 Å². The molecule has 0 fully saturated rings. The molecule has 0 aliphatic heterocycles. The monoisotopic (exact) mass is 350 g/mol. The molecule has 0 atom stereocenters. The highest BCUT2D eigenvalue weighted by Gasteiger charge is 2.11. The fourth-order valence-corrected chi connectivity index (χ4v) is 3.58. The highest BCUT2D eigenvalue weighted by molar-refractivity contribution is 7.80. The van der Waals surface area contributed by atoms with Gasteiger partial charge in [0.25, 0.3) is 0 Å². The standard InChI is InChI=1S/C20H18N2O2S/c1-12-9-19(23)24-18-11-16(7-8-17(12)18)22-20(25)21-15-6-5-13-3-2-4-14(13)10-15/h5-11H,2-4H2,1H3,(H2,21,22,25). The van der Waals surface area contributed by atoms with E-state index in [0.717, 1.165) is 28.7 Å². The largest absolute Gasteiger partial charge is 0.423 e. The zero-order chi connectivity index (χ0) is 17.4. The van der Waals surface area contributed by atoms with Gasteiger partial charge in [0.2, 0.25) is 0 Å². The van der Waals surface area contributed by atoms with Gasteiger partial charge in [0, 0.05) is 28.9 Å². The average molecular weight is 350 g/mol. The second-order valence-electron chi connectivity index (χ2n) is 6.38. The molecule has 4 nitrogen and oxygen atoms in total. The van der Waals surface area contributed by atoms with Crippen molar-refractivity contribution in [3.63, 3.8) is 0 Å². The predicted molar refractivity (Wildman–Crippen MR) is 106 cm³/mol. The zero-order valence-corrected chi connectivity index (χ0v) is 14.7. The molecule has 0 spiro atoms. The normalized spacial score (nSPS) is 12.8. The predicted octanol–water partition coefficient (Wildman–Crippen LogP) is 4.40. The summed E-state index contributed by atoms with van der Waals surface area (Å²) >= 11 is 5.41. The van der Waals surface area contributed by atoms with Gasteiger partial charge in [0.1, 0.15) is 5.58 Å². The second-order valence-corrected chi connectivity index (χ2v) is 6.78. The lowest BCUT2D eigenvalue weighted by Gasteiger charge is -2.12. The fourth-order valence-electron chi connectivity index (χ4n) is 3.35. The molecule has 0 saturated heterocycles.